The lowest BCUT2D eigenvalue weighted by Gasteiger charge is -2.07. The number of benzene rings is 1. The van der Waals surface area contributed by atoms with Gasteiger partial charge in [0, 0.05) is 11.0 Å². The van der Waals surface area contributed by atoms with Crippen LogP contribution in [-0.2, 0) is 11.3 Å². The molecule has 0 spiro atoms. The summed E-state index contributed by atoms with van der Waals surface area (Å²) >= 11 is 3.34. The maximum absolute atomic E-state index is 11.1. The summed E-state index contributed by atoms with van der Waals surface area (Å²) in [6, 6.07) is 7.32. The van der Waals surface area contributed by atoms with Crippen LogP contribution in [-0.4, -0.2) is 11.9 Å². The summed E-state index contributed by atoms with van der Waals surface area (Å²) < 4.78 is 1.03. The van der Waals surface area contributed by atoms with Crippen LogP contribution in [0.5, 0.6) is 0 Å². The molecule has 0 saturated heterocycles. The lowest BCUT2D eigenvalue weighted by atomic mass is 10.2. The van der Waals surface area contributed by atoms with Crippen LogP contribution in [0.2, 0.25) is 0 Å². The molecule has 1 aromatic carbocycles. The summed E-state index contributed by atoms with van der Waals surface area (Å²) in [6.07, 6.45) is 0. The molecule has 0 aliphatic heterocycles. The minimum absolute atomic E-state index is 0.132. The first-order valence-electron chi connectivity index (χ1n) is 4.37. The Bertz CT molecular complexity index is 308. The van der Waals surface area contributed by atoms with E-state index in [0.717, 1.165) is 10.0 Å². The van der Waals surface area contributed by atoms with E-state index in [9.17, 15) is 4.79 Å². The molecule has 1 aromatic rings. The van der Waals surface area contributed by atoms with E-state index in [2.05, 4.69) is 21.2 Å². The van der Waals surface area contributed by atoms with Crippen LogP contribution in [0.3, 0.4) is 0 Å². The Hall–Kier alpha value is -0.870. The molecular weight excluding hydrogens is 244 g/mol. The van der Waals surface area contributed by atoms with Gasteiger partial charge in [0.25, 0.3) is 0 Å². The SMILES string of the molecule is CC(N)C(=O)NCc1ccc(Br)cc1. The van der Waals surface area contributed by atoms with E-state index < -0.39 is 6.04 Å². The highest BCUT2D eigenvalue weighted by molar-refractivity contribution is 9.10. The van der Waals surface area contributed by atoms with Gasteiger partial charge < -0.3 is 11.1 Å². The summed E-state index contributed by atoms with van der Waals surface area (Å²) in [6.45, 7) is 2.19. The third-order valence-corrected chi connectivity index (χ3v) is 2.32. The number of nitrogens with two attached hydrogens (primary N) is 1. The van der Waals surface area contributed by atoms with Crippen LogP contribution in [0, 0.1) is 0 Å². The van der Waals surface area contributed by atoms with Crippen LogP contribution >= 0.6 is 15.9 Å². The monoisotopic (exact) mass is 256 g/mol. The van der Waals surface area contributed by atoms with Gasteiger partial charge >= 0.3 is 0 Å². The van der Waals surface area contributed by atoms with Crippen molar-refractivity contribution in [3.8, 4) is 0 Å². The fourth-order valence-corrected chi connectivity index (χ4v) is 1.22. The number of hydrogen-bond acceptors (Lipinski definition) is 2. The average Bonchev–Trinajstić information content (AvgIpc) is 2.16. The molecular formula is C10H13BrN2O. The molecule has 0 saturated carbocycles. The number of carbonyl (C=O) groups is 1. The minimum atomic E-state index is -0.453. The molecule has 3 nitrogen and oxygen atoms in total. The Labute approximate surface area is 91.8 Å². The molecule has 0 fully saturated rings. The molecule has 0 radical (unpaired) electrons. The maximum Gasteiger partial charge on any atom is 0.236 e. The summed E-state index contributed by atoms with van der Waals surface area (Å²) in [4.78, 5) is 11.1. The standard InChI is InChI=1S/C10H13BrN2O/c1-7(12)10(14)13-6-8-2-4-9(11)5-3-8/h2-5,7H,6,12H2,1H3,(H,13,14). The predicted octanol–water partition coefficient (Wildman–Crippen LogP) is 1.41. The molecule has 14 heavy (non-hydrogen) atoms. The lowest BCUT2D eigenvalue weighted by Crippen LogP contribution is -2.37. The lowest BCUT2D eigenvalue weighted by molar-refractivity contribution is -0.122. The van der Waals surface area contributed by atoms with E-state index in [-0.39, 0.29) is 5.91 Å². The van der Waals surface area contributed by atoms with Gasteiger partial charge in [-0.3, -0.25) is 4.79 Å². The van der Waals surface area contributed by atoms with Gasteiger partial charge in [0.05, 0.1) is 6.04 Å². The molecule has 76 valence electrons. The molecule has 0 bridgehead atoms. The second kappa shape index (κ2) is 5.12. The molecule has 1 unspecified atom stereocenters. The maximum atomic E-state index is 11.1. The molecule has 1 atom stereocenters. The van der Waals surface area contributed by atoms with Crippen molar-refractivity contribution in [3.63, 3.8) is 0 Å². The van der Waals surface area contributed by atoms with Crippen LogP contribution in [0.25, 0.3) is 0 Å². The Balaban J connectivity index is 2.46. The number of rotatable bonds is 3. The van der Waals surface area contributed by atoms with Gasteiger partial charge in [-0.15, -0.1) is 0 Å². The van der Waals surface area contributed by atoms with E-state index in [0.29, 0.717) is 6.54 Å². The highest BCUT2D eigenvalue weighted by atomic mass is 79.9. The third-order valence-electron chi connectivity index (χ3n) is 1.79. The van der Waals surface area contributed by atoms with Crippen LogP contribution in [0.4, 0.5) is 0 Å². The van der Waals surface area contributed by atoms with E-state index in [1.54, 1.807) is 6.92 Å². The summed E-state index contributed by atoms with van der Waals surface area (Å²) in [5.41, 5.74) is 6.46. The molecule has 0 aromatic heterocycles. The normalized spacial score (nSPS) is 12.2. The molecule has 4 heteroatoms. The fourth-order valence-electron chi connectivity index (χ4n) is 0.952. The Morgan fingerprint density at radius 3 is 2.57 bits per heavy atom. The van der Waals surface area contributed by atoms with E-state index in [1.165, 1.54) is 0 Å². The molecule has 0 heterocycles. The highest BCUT2D eigenvalue weighted by Gasteiger charge is 2.05. The molecule has 0 aliphatic carbocycles. The Kier molecular flexibility index (Phi) is 4.10. The van der Waals surface area contributed by atoms with Gasteiger partial charge in [0.15, 0.2) is 0 Å². The number of hydrogen-bond donors (Lipinski definition) is 2. The number of halogens is 1. The Morgan fingerprint density at radius 2 is 2.07 bits per heavy atom. The smallest absolute Gasteiger partial charge is 0.236 e. The summed E-state index contributed by atoms with van der Waals surface area (Å²) in [5.74, 6) is -0.132. The predicted molar refractivity (Wildman–Crippen MR) is 59.6 cm³/mol. The highest BCUT2D eigenvalue weighted by Crippen LogP contribution is 2.10. The number of carbonyl (C=O) groups excluding carboxylic acids is 1. The number of nitrogens with one attached hydrogen (secondary N) is 1. The second-order valence-electron chi connectivity index (χ2n) is 3.13. The largest absolute Gasteiger partial charge is 0.351 e. The van der Waals surface area contributed by atoms with Gasteiger partial charge in [-0.05, 0) is 24.6 Å². The van der Waals surface area contributed by atoms with Crippen molar-refractivity contribution in [2.24, 2.45) is 5.73 Å². The molecule has 3 N–H and O–H groups in total. The van der Waals surface area contributed by atoms with Gasteiger partial charge in [0.2, 0.25) is 5.91 Å². The first-order valence-corrected chi connectivity index (χ1v) is 5.16. The van der Waals surface area contributed by atoms with E-state index >= 15 is 0 Å². The summed E-state index contributed by atoms with van der Waals surface area (Å²) in [5, 5.41) is 2.74. The van der Waals surface area contributed by atoms with Crippen LogP contribution in [0.15, 0.2) is 28.7 Å². The van der Waals surface area contributed by atoms with Crippen LogP contribution < -0.4 is 11.1 Å². The van der Waals surface area contributed by atoms with Crippen molar-refractivity contribution in [1.82, 2.24) is 5.32 Å². The third kappa shape index (κ3) is 3.47. The van der Waals surface area contributed by atoms with Gasteiger partial charge in [-0.2, -0.15) is 0 Å². The van der Waals surface area contributed by atoms with E-state index in [1.807, 2.05) is 24.3 Å². The van der Waals surface area contributed by atoms with E-state index in [4.69, 9.17) is 5.73 Å². The fraction of sp³-hybridized carbons (Fsp3) is 0.300. The van der Waals surface area contributed by atoms with Crippen molar-refractivity contribution in [1.29, 1.82) is 0 Å². The van der Waals surface area contributed by atoms with Crippen molar-refractivity contribution >= 4 is 21.8 Å². The van der Waals surface area contributed by atoms with Crippen molar-refractivity contribution in [3.05, 3.63) is 34.3 Å². The average molecular weight is 257 g/mol. The zero-order chi connectivity index (χ0) is 10.6. The second-order valence-corrected chi connectivity index (χ2v) is 4.05. The molecule has 1 rings (SSSR count). The number of amides is 1. The van der Waals surface area contributed by atoms with Gasteiger partial charge in [-0.1, -0.05) is 28.1 Å². The summed E-state index contributed by atoms with van der Waals surface area (Å²) in [7, 11) is 0. The van der Waals surface area contributed by atoms with Crippen molar-refractivity contribution in [2.45, 2.75) is 19.5 Å². The van der Waals surface area contributed by atoms with Crippen molar-refractivity contribution in [2.75, 3.05) is 0 Å². The molecule has 1 amide bonds. The van der Waals surface area contributed by atoms with Crippen molar-refractivity contribution < 1.29 is 4.79 Å². The zero-order valence-corrected chi connectivity index (χ0v) is 9.54. The minimum Gasteiger partial charge on any atom is -0.351 e. The quantitative estimate of drug-likeness (QED) is 0.860. The van der Waals surface area contributed by atoms with Gasteiger partial charge in [-0.25, -0.2) is 0 Å². The first-order chi connectivity index (χ1) is 6.59. The van der Waals surface area contributed by atoms with Gasteiger partial charge in [0.1, 0.15) is 0 Å². The molecule has 0 aliphatic rings. The topological polar surface area (TPSA) is 55.1 Å². The first kappa shape index (κ1) is 11.2. The van der Waals surface area contributed by atoms with Crippen LogP contribution in [0.1, 0.15) is 12.5 Å². The Morgan fingerprint density at radius 1 is 1.50 bits per heavy atom. The zero-order valence-electron chi connectivity index (χ0n) is 7.96.